The molecule has 3 heteroatoms. The molecule has 0 aromatic heterocycles. The lowest BCUT2D eigenvalue weighted by Crippen LogP contribution is -2.43. The van der Waals surface area contributed by atoms with Crippen LogP contribution in [0.3, 0.4) is 0 Å². The number of hydrogen-bond acceptors (Lipinski definition) is 2. The Labute approximate surface area is 130 Å². The lowest BCUT2D eigenvalue weighted by Gasteiger charge is -2.38. The minimum absolute atomic E-state index is 0.617. The van der Waals surface area contributed by atoms with Crippen LogP contribution in [0.5, 0.6) is 5.75 Å². The molecule has 2 nitrogen and oxygen atoms in total. The van der Waals surface area contributed by atoms with Crippen LogP contribution in [0.25, 0.3) is 0 Å². The molecule has 3 atom stereocenters. The zero-order valence-electron chi connectivity index (χ0n) is 12.2. The Morgan fingerprint density at radius 2 is 2.00 bits per heavy atom. The zero-order chi connectivity index (χ0) is 13.9. The van der Waals surface area contributed by atoms with Gasteiger partial charge in [0.2, 0.25) is 0 Å². The molecule has 0 saturated heterocycles. The highest BCUT2D eigenvalue weighted by atomic mass is 79.9. The van der Waals surface area contributed by atoms with Crippen LogP contribution in [0.4, 0.5) is 0 Å². The van der Waals surface area contributed by atoms with Crippen molar-refractivity contribution < 1.29 is 4.74 Å². The first kappa shape index (κ1) is 14.4. The van der Waals surface area contributed by atoms with Crippen LogP contribution in [-0.2, 0) is 0 Å². The predicted molar refractivity (Wildman–Crippen MR) is 86.9 cm³/mol. The third-order valence-corrected chi connectivity index (χ3v) is 5.87. The van der Waals surface area contributed by atoms with Crippen molar-refractivity contribution in [2.45, 2.75) is 48.9 Å². The smallest absolute Gasteiger partial charge is 0.122 e. The highest BCUT2D eigenvalue weighted by Gasteiger charge is 2.29. The van der Waals surface area contributed by atoms with Crippen molar-refractivity contribution in [3.8, 4) is 5.75 Å². The van der Waals surface area contributed by atoms with E-state index in [0.717, 1.165) is 25.3 Å². The molecule has 1 aromatic carbocycles. The lowest BCUT2D eigenvalue weighted by atomic mass is 9.90. The van der Waals surface area contributed by atoms with Gasteiger partial charge in [0.05, 0.1) is 6.61 Å². The molecular formula is C17H24BrNO. The molecule has 2 aliphatic rings. The lowest BCUT2D eigenvalue weighted by molar-refractivity contribution is 0.171. The Bertz CT molecular complexity index is 450. The Morgan fingerprint density at radius 3 is 2.85 bits per heavy atom. The fraction of sp³-hybridized carbons (Fsp3) is 0.647. The molecule has 3 rings (SSSR count). The first-order valence-electron chi connectivity index (χ1n) is 7.82. The third kappa shape index (κ3) is 3.04. The fourth-order valence-electron chi connectivity index (χ4n) is 3.65. The predicted octanol–water partition coefficient (Wildman–Crippen LogP) is 4.19. The highest BCUT2D eigenvalue weighted by Crippen LogP contribution is 2.35. The van der Waals surface area contributed by atoms with Crippen molar-refractivity contribution >= 4 is 15.9 Å². The summed E-state index contributed by atoms with van der Waals surface area (Å²) in [6.07, 6.45) is 6.54. The highest BCUT2D eigenvalue weighted by molar-refractivity contribution is 9.09. The summed E-state index contributed by atoms with van der Waals surface area (Å²) >= 11 is 3.89. The van der Waals surface area contributed by atoms with E-state index in [2.05, 4.69) is 52.1 Å². The van der Waals surface area contributed by atoms with E-state index >= 15 is 0 Å². The molecule has 1 aliphatic carbocycles. The van der Waals surface area contributed by atoms with Crippen LogP contribution in [0.1, 0.15) is 43.6 Å². The number of halogens is 1. The zero-order valence-corrected chi connectivity index (χ0v) is 13.8. The summed E-state index contributed by atoms with van der Waals surface area (Å²) in [5.41, 5.74) is 1.40. The second kappa shape index (κ2) is 6.48. The Morgan fingerprint density at radius 1 is 1.20 bits per heavy atom. The first-order chi connectivity index (χ1) is 9.75. The van der Waals surface area contributed by atoms with Gasteiger partial charge in [0, 0.05) is 23.3 Å². The second-order valence-corrected chi connectivity index (χ2v) is 7.36. The molecule has 1 aliphatic heterocycles. The summed E-state index contributed by atoms with van der Waals surface area (Å²) in [6, 6.07) is 9.24. The fourth-order valence-corrected chi connectivity index (χ4v) is 4.64. The molecule has 0 radical (unpaired) electrons. The molecule has 110 valence electrons. The Balaban J connectivity index is 1.69. The summed E-state index contributed by atoms with van der Waals surface area (Å²) < 4.78 is 5.77. The number of alkyl halides is 1. The van der Waals surface area contributed by atoms with Crippen molar-refractivity contribution in [3.63, 3.8) is 0 Å². The third-order valence-electron chi connectivity index (χ3n) is 4.80. The summed E-state index contributed by atoms with van der Waals surface area (Å²) in [6.45, 7) is 2.01. The van der Waals surface area contributed by atoms with Crippen LogP contribution in [-0.4, -0.2) is 36.0 Å². The summed E-state index contributed by atoms with van der Waals surface area (Å²) in [4.78, 5) is 3.24. The topological polar surface area (TPSA) is 12.5 Å². The van der Waals surface area contributed by atoms with Gasteiger partial charge in [-0.15, -0.1) is 0 Å². The summed E-state index contributed by atoms with van der Waals surface area (Å²) in [7, 11) is 2.29. The van der Waals surface area contributed by atoms with Crippen molar-refractivity contribution in [1.29, 1.82) is 0 Å². The van der Waals surface area contributed by atoms with Crippen molar-refractivity contribution in [2.24, 2.45) is 0 Å². The number of benzene rings is 1. The minimum atomic E-state index is 0.617. The number of nitrogens with zero attached hydrogens (tertiary/aromatic N) is 1. The van der Waals surface area contributed by atoms with Crippen LogP contribution in [0.2, 0.25) is 0 Å². The summed E-state index contributed by atoms with van der Waals surface area (Å²) in [5.74, 6) is 1.71. The molecule has 0 spiro atoms. The quantitative estimate of drug-likeness (QED) is 0.766. The standard InChI is InChI=1S/C17H24BrNO/c1-19(16-8-4-3-7-15(16)18)12-13-10-11-20-17-9-5-2-6-14(13)17/h2,5-6,9,13,15-16H,3-4,7-8,10-12H2,1H3. The van der Waals surface area contributed by atoms with Gasteiger partial charge in [-0.05, 0) is 37.9 Å². The number of likely N-dealkylation sites (N-methyl/N-ethyl adjacent to an activating group) is 1. The van der Waals surface area contributed by atoms with E-state index in [-0.39, 0.29) is 0 Å². The van der Waals surface area contributed by atoms with Crippen LogP contribution >= 0.6 is 15.9 Å². The molecule has 0 bridgehead atoms. The normalized spacial score (nSPS) is 29.9. The van der Waals surface area contributed by atoms with E-state index in [1.54, 1.807) is 0 Å². The molecule has 1 aromatic rings. The van der Waals surface area contributed by atoms with Crippen molar-refractivity contribution in [2.75, 3.05) is 20.2 Å². The average molecular weight is 338 g/mol. The van der Waals surface area contributed by atoms with Gasteiger partial charge in [-0.3, -0.25) is 0 Å². The molecular weight excluding hydrogens is 314 g/mol. The molecule has 1 fully saturated rings. The second-order valence-electron chi connectivity index (χ2n) is 6.18. The molecule has 20 heavy (non-hydrogen) atoms. The van der Waals surface area contributed by atoms with Gasteiger partial charge >= 0.3 is 0 Å². The van der Waals surface area contributed by atoms with E-state index in [0.29, 0.717) is 16.8 Å². The average Bonchev–Trinajstić information content (AvgIpc) is 2.48. The van der Waals surface area contributed by atoms with E-state index < -0.39 is 0 Å². The number of hydrogen-bond donors (Lipinski definition) is 0. The summed E-state index contributed by atoms with van der Waals surface area (Å²) in [5, 5.41) is 0. The van der Waals surface area contributed by atoms with E-state index in [4.69, 9.17) is 4.74 Å². The number of para-hydroxylation sites is 1. The Kier molecular flexibility index (Phi) is 4.67. The largest absolute Gasteiger partial charge is 0.493 e. The van der Waals surface area contributed by atoms with Crippen molar-refractivity contribution in [1.82, 2.24) is 4.90 Å². The maximum absolute atomic E-state index is 5.77. The number of rotatable bonds is 3. The van der Waals surface area contributed by atoms with Crippen LogP contribution in [0, 0.1) is 0 Å². The Hall–Kier alpha value is -0.540. The van der Waals surface area contributed by atoms with Crippen LogP contribution in [0.15, 0.2) is 24.3 Å². The molecule has 1 heterocycles. The van der Waals surface area contributed by atoms with Gasteiger partial charge in [0.1, 0.15) is 5.75 Å². The van der Waals surface area contributed by atoms with E-state index in [9.17, 15) is 0 Å². The van der Waals surface area contributed by atoms with E-state index in [1.165, 1.54) is 31.2 Å². The number of fused-ring (bicyclic) bond motifs is 1. The van der Waals surface area contributed by atoms with Gasteiger partial charge in [0.15, 0.2) is 0 Å². The molecule has 1 saturated carbocycles. The maximum Gasteiger partial charge on any atom is 0.122 e. The SMILES string of the molecule is CN(CC1CCOc2ccccc21)C1CCCCC1Br. The molecule has 0 amide bonds. The molecule has 3 unspecified atom stereocenters. The minimum Gasteiger partial charge on any atom is -0.493 e. The number of ether oxygens (including phenoxy) is 1. The maximum atomic E-state index is 5.77. The van der Waals surface area contributed by atoms with Gasteiger partial charge in [-0.25, -0.2) is 0 Å². The van der Waals surface area contributed by atoms with Gasteiger partial charge < -0.3 is 9.64 Å². The monoisotopic (exact) mass is 337 g/mol. The van der Waals surface area contributed by atoms with E-state index in [1.807, 2.05) is 0 Å². The van der Waals surface area contributed by atoms with Gasteiger partial charge in [-0.2, -0.15) is 0 Å². The van der Waals surface area contributed by atoms with Crippen LogP contribution < -0.4 is 4.74 Å². The first-order valence-corrected chi connectivity index (χ1v) is 8.73. The molecule has 0 N–H and O–H groups in total. The van der Waals surface area contributed by atoms with Gasteiger partial charge in [0.25, 0.3) is 0 Å². The van der Waals surface area contributed by atoms with Crippen molar-refractivity contribution in [3.05, 3.63) is 29.8 Å². The van der Waals surface area contributed by atoms with Gasteiger partial charge in [-0.1, -0.05) is 47.0 Å².